The number of phosphoric ester groups is 1. The number of carbonyl (C=O) groups excluding carboxylic acids is 1. The Morgan fingerprint density at radius 2 is 1.79 bits per heavy atom. The number of aromatic amines is 1. The van der Waals surface area contributed by atoms with Gasteiger partial charge in [-0.15, -0.1) is 0 Å². The largest absolute Gasteiger partial charge is 0.472 e. The van der Waals surface area contributed by atoms with E-state index < -0.39 is 88.3 Å². The number of aromatic nitrogens is 6. The number of carbonyl (C=O) groups is 1. The van der Waals surface area contributed by atoms with Crippen molar-refractivity contribution in [2.24, 2.45) is 5.73 Å². The molecule has 0 saturated carbocycles. The summed E-state index contributed by atoms with van der Waals surface area (Å²) in [4.78, 5) is 69.4. The first-order valence-electron chi connectivity index (χ1n) is 15.3. The number of fused-ring (bicyclic) bond motifs is 1. The van der Waals surface area contributed by atoms with E-state index in [-0.39, 0.29) is 34.9 Å². The van der Waals surface area contributed by atoms with Crippen LogP contribution in [0.1, 0.15) is 24.4 Å². The summed E-state index contributed by atoms with van der Waals surface area (Å²) in [5.41, 5.74) is 9.82. The number of alkyl halides is 2. The second-order valence-electron chi connectivity index (χ2n) is 11.4. The van der Waals surface area contributed by atoms with Gasteiger partial charge in [-0.1, -0.05) is 12.1 Å². The van der Waals surface area contributed by atoms with E-state index >= 15 is 4.39 Å². The van der Waals surface area contributed by atoms with E-state index in [1.165, 1.54) is 24.3 Å². The minimum absolute atomic E-state index is 0.0195. The van der Waals surface area contributed by atoms with Crippen LogP contribution in [0, 0.1) is 0 Å². The SMILES string of the molecule is NC(=O)Oc1ccc(CSP(=O)(O)OC[C@H]2O[C@@H](n3cnc4c(N)ncnc43)[C@H](OP(=O)(O)OC[C@@H]3C[C@@H](F)[C@H](n4ccc(=O)[nH]c4=O)O3)[C@@H]2F)cc1. The van der Waals surface area contributed by atoms with Crippen LogP contribution < -0.4 is 27.5 Å². The summed E-state index contributed by atoms with van der Waals surface area (Å²) in [5.74, 6) is 0.0588. The van der Waals surface area contributed by atoms with Gasteiger partial charge in [-0.25, -0.2) is 42.5 Å². The minimum Gasteiger partial charge on any atom is -0.411 e. The number of phosphoric acid groups is 1. The molecule has 1 amide bonds. The molecule has 53 heavy (non-hydrogen) atoms. The third-order valence-corrected chi connectivity index (χ3v) is 11.7. The molecule has 3 aromatic heterocycles. The van der Waals surface area contributed by atoms with Gasteiger partial charge in [0.2, 0.25) is 0 Å². The summed E-state index contributed by atoms with van der Waals surface area (Å²) in [5, 5.41) is 0. The van der Waals surface area contributed by atoms with E-state index in [1.807, 2.05) is 4.98 Å². The Balaban J connectivity index is 1.13. The number of nitrogen functional groups attached to an aromatic ring is 1. The minimum atomic E-state index is -5.22. The Labute approximate surface area is 299 Å². The van der Waals surface area contributed by atoms with E-state index in [0.29, 0.717) is 16.9 Å². The van der Waals surface area contributed by atoms with Crippen molar-refractivity contribution in [1.82, 2.24) is 29.1 Å². The van der Waals surface area contributed by atoms with Gasteiger partial charge in [0.05, 0.1) is 25.6 Å². The lowest BCUT2D eigenvalue weighted by Gasteiger charge is -2.24. The number of nitrogens with zero attached hydrogens (tertiary/aromatic N) is 5. The Hall–Kier alpha value is -4.09. The number of amides is 1. The number of imidazole rings is 1. The molecule has 0 bridgehead atoms. The molecule has 21 nitrogen and oxygen atoms in total. The second kappa shape index (κ2) is 15.7. The third kappa shape index (κ3) is 9.18. The highest BCUT2D eigenvalue weighted by Gasteiger charge is 2.51. The number of benzene rings is 1. The molecule has 4 aromatic rings. The van der Waals surface area contributed by atoms with E-state index in [2.05, 4.69) is 15.0 Å². The summed E-state index contributed by atoms with van der Waals surface area (Å²) >= 11 is 0.491. The molecular weight excluding hydrogens is 776 g/mol. The maximum atomic E-state index is 16.1. The number of primary amides is 1. The first-order chi connectivity index (χ1) is 25.1. The first-order valence-corrected chi connectivity index (χ1v) is 19.9. The van der Waals surface area contributed by atoms with Crippen LogP contribution in [0.5, 0.6) is 5.75 Å². The number of halogens is 2. The van der Waals surface area contributed by atoms with E-state index in [9.17, 15) is 37.7 Å². The van der Waals surface area contributed by atoms with Gasteiger partial charge in [0.1, 0.15) is 36.0 Å². The summed E-state index contributed by atoms with van der Waals surface area (Å²) in [7, 11) is -5.22. The maximum Gasteiger partial charge on any atom is 0.472 e. The van der Waals surface area contributed by atoms with Gasteiger partial charge >= 0.3 is 26.4 Å². The van der Waals surface area contributed by atoms with Crippen LogP contribution in [-0.4, -0.2) is 88.8 Å². The lowest BCUT2D eigenvalue weighted by atomic mass is 10.1. The predicted octanol–water partition coefficient (Wildman–Crippen LogP) is 1.83. The quantitative estimate of drug-likeness (QED) is 0.114. The second-order valence-corrected chi connectivity index (χ2v) is 16.8. The average molecular weight is 807 g/mol. The van der Waals surface area contributed by atoms with Crippen molar-refractivity contribution < 1.29 is 60.3 Å². The van der Waals surface area contributed by atoms with Crippen molar-refractivity contribution in [2.45, 2.75) is 55.3 Å². The molecular formula is C27H30F2N8O13P2S. The summed E-state index contributed by atoms with van der Waals surface area (Å²) < 4.78 is 90.3. The number of rotatable bonds is 14. The van der Waals surface area contributed by atoms with Crippen LogP contribution in [0.2, 0.25) is 0 Å². The number of nitrogens with one attached hydrogen (secondary N) is 1. The highest BCUT2D eigenvalue weighted by atomic mass is 32.7. The lowest BCUT2D eigenvalue weighted by molar-refractivity contribution is -0.0550. The number of hydrogen-bond acceptors (Lipinski definition) is 16. The molecule has 6 rings (SSSR count). The molecule has 26 heteroatoms. The Bertz CT molecular complexity index is 2180. The van der Waals surface area contributed by atoms with Gasteiger partial charge in [-0.2, -0.15) is 0 Å². The van der Waals surface area contributed by atoms with Crippen molar-refractivity contribution >= 4 is 49.1 Å². The number of nitrogens with two attached hydrogens (primary N) is 2. The predicted molar refractivity (Wildman–Crippen MR) is 178 cm³/mol. The molecule has 5 heterocycles. The average Bonchev–Trinajstić information content (AvgIpc) is 3.78. The van der Waals surface area contributed by atoms with Crippen LogP contribution in [0.4, 0.5) is 19.4 Å². The summed E-state index contributed by atoms with van der Waals surface area (Å²) in [6.45, 7) is -6.04. The summed E-state index contributed by atoms with van der Waals surface area (Å²) in [6.07, 6.45) is -10.1. The molecule has 9 atom stereocenters. The standard InChI is InChI=1S/C27H30F2N8O13P2S/c28-16-7-15(47-24(16)36-6-5-18(38)35-27(36)40)8-45-51(41,42)50-21-19(29)17(49-25(21)37-12-34-20-22(30)32-11-33-23(20)37)9-46-52(43,44)53-10-13-1-3-14(4-2-13)48-26(31)39/h1-6,11-12,15-17,19,21,24-25H,7-10H2,(H2,31,39)(H,41,42)(H,43,44)(H2,30,32,33)(H,35,38,40)/t15-,16+,17+,19+,21+,24+,25+/m0/s1. The summed E-state index contributed by atoms with van der Waals surface area (Å²) in [6, 6.07) is 6.84. The van der Waals surface area contributed by atoms with Crippen molar-refractivity contribution in [3.05, 3.63) is 75.6 Å². The Morgan fingerprint density at radius 3 is 2.51 bits per heavy atom. The van der Waals surface area contributed by atoms with Gasteiger partial charge in [-0.3, -0.25) is 32.5 Å². The van der Waals surface area contributed by atoms with Gasteiger partial charge in [0.25, 0.3) is 5.56 Å². The molecule has 2 unspecified atom stereocenters. The molecule has 0 radical (unpaired) electrons. The van der Waals surface area contributed by atoms with Crippen LogP contribution in [0.15, 0.2) is 58.8 Å². The van der Waals surface area contributed by atoms with Crippen LogP contribution in [-0.2, 0) is 37.9 Å². The number of hydrogen-bond donors (Lipinski definition) is 5. The van der Waals surface area contributed by atoms with Crippen molar-refractivity contribution in [1.29, 1.82) is 0 Å². The molecule has 7 N–H and O–H groups in total. The van der Waals surface area contributed by atoms with Gasteiger partial charge in [0, 0.05) is 24.4 Å². The van der Waals surface area contributed by atoms with Crippen LogP contribution in [0.25, 0.3) is 11.2 Å². The van der Waals surface area contributed by atoms with Gasteiger partial charge in [-0.05, 0) is 29.1 Å². The number of H-pyrrole nitrogens is 1. The molecule has 2 aliphatic rings. The van der Waals surface area contributed by atoms with Gasteiger partial charge in [0.15, 0.2) is 30.1 Å². The molecule has 0 spiro atoms. The monoisotopic (exact) mass is 806 g/mol. The first kappa shape index (κ1) is 38.6. The highest BCUT2D eigenvalue weighted by molar-refractivity contribution is 8.54. The normalized spacial score (nSPS) is 26.7. The molecule has 1 aromatic carbocycles. The van der Waals surface area contributed by atoms with Crippen LogP contribution >= 0.6 is 26.0 Å². The van der Waals surface area contributed by atoms with Crippen molar-refractivity contribution in [3.8, 4) is 5.75 Å². The van der Waals surface area contributed by atoms with Crippen LogP contribution in [0.3, 0.4) is 0 Å². The van der Waals surface area contributed by atoms with Gasteiger partial charge < -0.3 is 35.5 Å². The number of anilines is 1. The fraction of sp³-hybridized carbons (Fsp3) is 0.407. The fourth-order valence-electron chi connectivity index (χ4n) is 5.39. The highest BCUT2D eigenvalue weighted by Crippen LogP contribution is 2.58. The molecule has 0 aliphatic carbocycles. The van der Waals surface area contributed by atoms with E-state index in [1.54, 1.807) is 0 Å². The zero-order chi connectivity index (χ0) is 38.1. The van der Waals surface area contributed by atoms with Crippen molar-refractivity contribution in [2.75, 3.05) is 18.9 Å². The number of ether oxygens (including phenoxy) is 3. The molecule has 2 saturated heterocycles. The maximum absolute atomic E-state index is 16.1. The zero-order valence-corrected chi connectivity index (χ0v) is 29.4. The zero-order valence-electron chi connectivity index (χ0n) is 26.8. The smallest absolute Gasteiger partial charge is 0.411 e. The fourth-order valence-corrected chi connectivity index (χ4v) is 8.60. The van der Waals surface area contributed by atoms with E-state index in [0.717, 1.165) is 34.1 Å². The Kier molecular flexibility index (Phi) is 11.5. The molecule has 2 fully saturated rings. The Morgan fingerprint density at radius 1 is 1.04 bits per heavy atom. The molecule has 2 aliphatic heterocycles. The lowest BCUT2D eigenvalue weighted by Crippen LogP contribution is -2.34. The molecule has 286 valence electrons. The van der Waals surface area contributed by atoms with Crippen molar-refractivity contribution in [3.63, 3.8) is 0 Å². The van der Waals surface area contributed by atoms with E-state index in [4.69, 9.17) is 39.2 Å². The third-order valence-electron chi connectivity index (χ3n) is 7.80. The topological polar surface area (TPSA) is 298 Å².